The van der Waals surface area contributed by atoms with Crippen molar-refractivity contribution in [1.29, 1.82) is 0 Å². The van der Waals surface area contributed by atoms with Crippen LogP contribution in [-0.4, -0.2) is 11.5 Å². The number of hydrogen-bond acceptors (Lipinski definition) is 2. The molecule has 0 radical (unpaired) electrons. The van der Waals surface area contributed by atoms with E-state index in [1.54, 1.807) is 24.5 Å². The van der Waals surface area contributed by atoms with Crippen molar-refractivity contribution < 1.29 is 4.39 Å². The summed E-state index contributed by atoms with van der Waals surface area (Å²) in [5.74, 6) is -0.209. The molecule has 0 atom stereocenters. The molecule has 1 aromatic heterocycles. The van der Waals surface area contributed by atoms with Crippen LogP contribution in [0.4, 0.5) is 10.1 Å². The van der Waals surface area contributed by atoms with E-state index >= 15 is 0 Å². The van der Waals surface area contributed by atoms with E-state index < -0.39 is 0 Å². The third-order valence-electron chi connectivity index (χ3n) is 2.34. The van der Waals surface area contributed by atoms with Crippen LogP contribution in [0.5, 0.6) is 0 Å². The molecule has 0 saturated carbocycles. The maximum Gasteiger partial charge on any atom is 0.123 e. The van der Waals surface area contributed by atoms with Crippen molar-refractivity contribution in [3.05, 3.63) is 60.2 Å². The molecule has 0 amide bonds. The normalized spacial score (nSPS) is 10.1. The molecular weight excluding hydrogens is 203 g/mol. The van der Waals surface area contributed by atoms with Gasteiger partial charge in [-0.1, -0.05) is 0 Å². The monoisotopic (exact) mass is 216 g/mol. The van der Waals surface area contributed by atoms with E-state index in [0.717, 1.165) is 18.7 Å². The van der Waals surface area contributed by atoms with Gasteiger partial charge in [0.15, 0.2) is 0 Å². The SMILES string of the molecule is Fc1ccc(NCCc2ccncc2)cc1. The minimum Gasteiger partial charge on any atom is -0.385 e. The summed E-state index contributed by atoms with van der Waals surface area (Å²) in [7, 11) is 0. The highest BCUT2D eigenvalue weighted by Crippen LogP contribution is 2.08. The number of benzene rings is 1. The average molecular weight is 216 g/mol. The highest BCUT2D eigenvalue weighted by molar-refractivity contribution is 5.42. The molecule has 0 unspecified atom stereocenters. The largest absolute Gasteiger partial charge is 0.385 e. The van der Waals surface area contributed by atoms with Gasteiger partial charge in [0.25, 0.3) is 0 Å². The van der Waals surface area contributed by atoms with E-state index in [1.807, 2.05) is 12.1 Å². The average Bonchev–Trinajstić information content (AvgIpc) is 2.33. The fraction of sp³-hybridized carbons (Fsp3) is 0.154. The van der Waals surface area contributed by atoms with Crippen molar-refractivity contribution in [1.82, 2.24) is 4.98 Å². The van der Waals surface area contributed by atoms with Crippen LogP contribution in [0.3, 0.4) is 0 Å². The number of aromatic nitrogens is 1. The van der Waals surface area contributed by atoms with Gasteiger partial charge >= 0.3 is 0 Å². The van der Waals surface area contributed by atoms with Gasteiger partial charge in [-0.15, -0.1) is 0 Å². The Morgan fingerprint density at radius 1 is 1.00 bits per heavy atom. The van der Waals surface area contributed by atoms with Crippen molar-refractivity contribution in [3.63, 3.8) is 0 Å². The number of nitrogens with one attached hydrogen (secondary N) is 1. The summed E-state index contributed by atoms with van der Waals surface area (Å²) in [5.41, 5.74) is 2.18. The Morgan fingerprint density at radius 3 is 2.38 bits per heavy atom. The van der Waals surface area contributed by atoms with Gasteiger partial charge in [-0.25, -0.2) is 4.39 Å². The first-order chi connectivity index (χ1) is 7.84. The highest BCUT2D eigenvalue weighted by atomic mass is 19.1. The highest BCUT2D eigenvalue weighted by Gasteiger charge is 1.94. The number of pyridine rings is 1. The van der Waals surface area contributed by atoms with E-state index in [-0.39, 0.29) is 5.82 Å². The van der Waals surface area contributed by atoms with Gasteiger partial charge in [0.05, 0.1) is 0 Å². The zero-order valence-electron chi connectivity index (χ0n) is 8.86. The molecule has 3 heteroatoms. The number of halogens is 1. The van der Waals surface area contributed by atoms with Crippen molar-refractivity contribution in [3.8, 4) is 0 Å². The van der Waals surface area contributed by atoms with Crippen LogP contribution in [0.2, 0.25) is 0 Å². The fourth-order valence-electron chi connectivity index (χ4n) is 1.47. The summed E-state index contributed by atoms with van der Waals surface area (Å²) in [6.45, 7) is 0.829. The van der Waals surface area contributed by atoms with Crippen molar-refractivity contribution in [2.45, 2.75) is 6.42 Å². The predicted molar refractivity (Wildman–Crippen MR) is 62.8 cm³/mol. The number of anilines is 1. The summed E-state index contributed by atoms with van der Waals surface area (Å²) in [6.07, 6.45) is 4.50. The molecule has 0 bridgehead atoms. The Kier molecular flexibility index (Phi) is 3.49. The smallest absolute Gasteiger partial charge is 0.123 e. The number of nitrogens with zero attached hydrogens (tertiary/aromatic N) is 1. The zero-order chi connectivity index (χ0) is 11.2. The zero-order valence-corrected chi connectivity index (χ0v) is 8.86. The molecule has 0 aliphatic heterocycles. The van der Waals surface area contributed by atoms with Crippen LogP contribution in [0.25, 0.3) is 0 Å². The fourth-order valence-corrected chi connectivity index (χ4v) is 1.47. The molecule has 0 fully saturated rings. The molecule has 0 aliphatic rings. The molecular formula is C13H13FN2. The van der Waals surface area contributed by atoms with Crippen LogP contribution in [0.1, 0.15) is 5.56 Å². The molecule has 0 saturated heterocycles. The molecule has 0 spiro atoms. The summed E-state index contributed by atoms with van der Waals surface area (Å²) < 4.78 is 12.6. The molecule has 2 rings (SSSR count). The lowest BCUT2D eigenvalue weighted by atomic mass is 10.2. The Balaban J connectivity index is 1.82. The van der Waals surface area contributed by atoms with Crippen molar-refractivity contribution in [2.75, 3.05) is 11.9 Å². The topological polar surface area (TPSA) is 24.9 Å². The first-order valence-electron chi connectivity index (χ1n) is 5.23. The summed E-state index contributed by atoms with van der Waals surface area (Å²) >= 11 is 0. The summed E-state index contributed by atoms with van der Waals surface area (Å²) in [5, 5.41) is 3.23. The maximum absolute atomic E-state index is 12.6. The van der Waals surface area contributed by atoms with E-state index in [1.165, 1.54) is 17.7 Å². The molecule has 2 nitrogen and oxygen atoms in total. The molecule has 1 aromatic carbocycles. The maximum atomic E-state index is 12.6. The molecule has 16 heavy (non-hydrogen) atoms. The Labute approximate surface area is 94.2 Å². The third-order valence-corrected chi connectivity index (χ3v) is 2.34. The molecule has 0 aliphatic carbocycles. The van der Waals surface area contributed by atoms with Gasteiger partial charge in [-0.05, 0) is 48.4 Å². The summed E-state index contributed by atoms with van der Waals surface area (Å²) in [4.78, 5) is 3.96. The van der Waals surface area contributed by atoms with Crippen LogP contribution in [-0.2, 0) is 6.42 Å². The Hall–Kier alpha value is -1.90. The second kappa shape index (κ2) is 5.26. The van der Waals surface area contributed by atoms with E-state index in [9.17, 15) is 4.39 Å². The van der Waals surface area contributed by atoms with Gasteiger partial charge in [-0.2, -0.15) is 0 Å². The van der Waals surface area contributed by atoms with Crippen molar-refractivity contribution >= 4 is 5.69 Å². The Morgan fingerprint density at radius 2 is 1.69 bits per heavy atom. The van der Waals surface area contributed by atoms with Crippen LogP contribution in [0.15, 0.2) is 48.8 Å². The third kappa shape index (κ3) is 3.05. The minimum absolute atomic E-state index is 0.209. The lowest BCUT2D eigenvalue weighted by molar-refractivity contribution is 0.628. The first-order valence-corrected chi connectivity index (χ1v) is 5.23. The molecule has 1 N–H and O–H groups in total. The van der Waals surface area contributed by atoms with Gasteiger partial charge in [0, 0.05) is 24.6 Å². The van der Waals surface area contributed by atoms with E-state index in [2.05, 4.69) is 10.3 Å². The van der Waals surface area contributed by atoms with Crippen LogP contribution < -0.4 is 5.32 Å². The quantitative estimate of drug-likeness (QED) is 0.850. The van der Waals surface area contributed by atoms with Crippen LogP contribution >= 0.6 is 0 Å². The van der Waals surface area contributed by atoms with Gasteiger partial charge in [0.1, 0.15) is 5.82 Å². The second-order valence-electron chi connectivity index (χ2n) is 3.54. The van der Waals surface area contributed by atoms with Crippen LogP contribution in [0, 0.1) is 5.82 Å². The Bertz CT molecular complexity index is 425. The van der Waals surface area contributed by atoms with Gasteiger partial charge in [0.2, 0.25) is 0 Å². The van der Waals surface area contributed by atoms with E-state index in [0.29, 0.717) is 0 Å². The standard InChI is InChI=1S/C13H13FN2/c14-12-1-3-13(4-2-12)16-10-7-11-5-8-15-9-6-11/h1-6,8-9,16H,7,10H2. The number of rotatable bonds is 4. The predicted octanol–water partition coefficient (Wildman–Crippen LogP) is 2.88. The van der Waals surface area contributed by atoms with Gasteiger partial charge < -0.3 is 5.32 Å². The first kappa shape index (κ1) is 10.6. The number of hydrogen-bond donors (Lipinski definition) is 1. The van der Waals surface area contributed by atoms with Gasteiger partial charge in [-0.3, -0.25) is 4.98 Å². The van der Waals surface area contributed by atoms with Crippen molar-refractivity contribution in [2.24, 2.45) is 0 Å². The summed E-state index contributed by atoms with van der Waals surface area (Å²) in [6, 6.07) is 10.4. The minimum atomic E-state index is -0.209. The van der Waals surface area contributed by atoms with E-state index in [4.69, 9.17) is 0 Å². The lowest BCUT2D eigenvalue weighted by Crippen LogP contribution is -2.04. The molecule has 2 aromatic rings. The lowest BCUT2D eigenvalue weighted by Gasteiger charge is -2.05. The molecule has 82 valence electrons. The molecule has 1 heterocycles. The second-order valence-corrected chi connectivity index (χ2v) is 3.54.